The van der Waals surface area contributed by atoms with Crippen LogP contribution in [0.15, 0.2) is 72.6 Å². The second-order valence-electron chi connectivity index (χ2n) is 5.92. The molecule has 2 rings (SSSR count). The molecule has 0 spiro atoms. The van der Waals surface area contributed by atoms with E-state index in [9.17, 15) is 4.57 Å². The zero-order valence-electron chi connectivity index (χ0n) is 14.0. The highest BCUT2D eigenvalue weighted by Crippen LogP contribution is 2.45. The minimum absolute atomic E-state index is 0.911. The SMILES string of the molecule is CCCCCCC/C=C/P(=O)(c1ccccc1)c1ccccc1. The molecule has 0 unspecified atom stereocenters. The molecular weight excluding hydrogens is 299 g/mol. The van der Waals surface area contributed by atoms with E-state index in [2.05, 4.69) is 13.0 Å². The zero-order valence-corrected chi connectivity index (χ0v) is 14.9. The molecule has 0 radical (unpaired) electrons. The number of rotatable bonds is 9. The van der Waals surface area contributed by atoms with Crippen LogP contribution in [0.3, 0.4) is 0 Å². The van der Waals surface area contributed by atoms with Gasteiger partial charge < -0.3 is 4.57 Å². The lowest BCUT2D eigenvalue weighted by Crippen LogP contribution is -2.13. The minimum Gasteiger partial charge on any atom is -0.309 e. The van der Waals surface area contributed by atoms with Crippen LogP contribution >= 0.6 is 7.14 Å². The Morgan fingerprint density at radius 3 is 1.83 bits per heavy atom. The average molecular weight is 326 g/mol. The van der Waals surface area contributed by atoms with Crippen molar-refractivity contribution in [3.05, 3.63) is 72.6 Å². The number of benzene rings is 2. The summed E-state index contributed by atoms with van der Waals surface area (Å²) in [5.74, 6) is 1.96. The molecule has 0 fully saturated rings. The van der Waals surface area contributed by atoms with Gasteiger partial charge in [-0.15, -0.1) is 0 Å². The second kappa shape index (κ2) is 9.53. The maximum absolute atomic E-state index is 13.7. The van der Waals surface area contributed by atoms with Gasteiger partial charge in [-0.2, -0.15) is 0 Å². The van der Waals surface area contributed by atoms with Gasteiger partial charge in [0, 0.05) is 10.6 Å². The lowest BCUT2D eigenvalue weighted by Gasteiger charge is -2.15. The van der Waals surface area contributed by atoms with Crippen molar-refractivity contribution in [2.45, 2.75) is 45.4 Å². The lowest BCUT2D eigenvalue weighted by atomic mass is 10.1. The topological polar surface area (TPSA) is 17.1 Å². The third kappa shape index (κ3) is 5.22. The van der Waals surface area contributed by atoms with E-state index in [1.807, 2.05) is 66.5 Å². The first-order valence-electron chi connectivity index (χ1n) is 8.66. The Hall–Kier alpha value is -1.59. The molecule has 2 heteroatoms. The summed E-state index contributed by atoms with van der Waals surface area (Å²) < 4.78 is 13.7. The molecule has 23 heavy (non-hydrogen) atoms. The Morgan fingerprint density at radius 2 is 1.30 bits per heavy atom. The minimum atomic E-state index is -2.67. The van der Waals surface area contributed by atoms with Gasteiger partial charge in [-0.1, -0.05) is 99.3 Å². The van der Waals surface area contributed by atoms with Gasteiger partial charge in [0.25, 0.3) is 0 Å². The van der Waals surface area contributed by atoms with Crippen LogP contribution in [0.2, 0.25) is 0 Å². The van der Waals surface area contributed by atoms with E-state index in [4.69, 9.17) is 0 Å². The Balaban J connectivity index is 2.11. The van der Waals surface area contributed by atoms with Crippen LogP contribution in [0, 0.1) is 0 Å². The molecule has 0 saturated carbocycles. The molecule has 1 nitrogen and oxygen atoms in total. The fourth-order valence-corrected chi connectivity index (χ4v) is 5.03. The predicted molar refractivity (Wildman–Crippen MR) is 102 cm³/mol. The van der Waals surface area contributed by atoms with E-state index in [1.54, 1.807) is 0 Å². The molecule has 122 valence electrons. The number of unbranched alkanes of at least 4 members (excludes halogenated alkanes) is 5. The molecule has 0 aliphatic rings. The number of allylic oxidation sites excluding steroid dienone is 1. The smallest absolute Gasteiger partial charge is 0.163 e. The fraction of sp³-hybridized carbons (Fsp3) is 0.333. The predicted octanol–water partition coefficient (Wildman–Crippen LogP) is 5.87. The molecule has 0 aliphatic carbocycles. The van der Waals surface area contributed by atoms with Gasteiger partial charge in [-0.05, 0) is 18.7 Å². The summed E-state index contributed by atoms with van der Waals surface area (Å²) in [6.45, 7) is 2.23. The van der Waals surface area contributed by atoms with E-state index >= 15 is 0 Å². The van der Waals surface area contributed by atoms with Crippen LogP contribution in [-0.2, 0) is 4.57 Å². The van der Waals surface area contributed by atoms with Crippen molar-refractivity contribution < 1.29 is 4.57 Å². The normalized spacial score (nSPS) is 11.9. The highest BCUT2D eigenvalue weighted by Gasteiger charge is 2.23. The maximum Gasteiger partial charge on any atom is 0.163 e. The first kappa shape index (κ1) is 17.8. The summed E-state index contributed by atoms with van der Waals surface area (Å²) in [5.41, 5.74) is 0. The van der Waals surface area contributed by atoms with Gasteiger partial charge in [0.15, 0.2) is 7.14 Å². The largest absolute Gasteiger partial charge is 0.309 e. The van der Waals surface area contributed by atoms with Gasteiger partial charge in [0.05, 0.1) is 0 Å². The summed E-state index contributed by atoms with van der Waals surface area (Å²) in [6.07, 6.45) is 9.46. The van der Waals surface area contributed by atoms with Crippen LogP contribution in [0.5, 0.6) is 0 Å². The van der Waals surface area contributed by atoms with Crippen molar-refractivity contribution in [1.29, 1.82) is 0 Å². The van der Waals surface area contributed by atoms with Gasteiger partial charge in [0.1, 0.15) is 0 Å². The summed E-state index contributed by atoms with van der Waals surface area (Å²) in [4.78, 5) is 0. The van der Waals surface area contributed by atoms with Crippen LogP contribution in [0.4, 0.5) is 0 Å². The average Bonchev–Trinajstić information content (AvgIpc) is 2.62. The maximum atomic E-state index is 13.7. The monoisotopic (exact) mass is 326 g/mol. The molecular formula is C21H27OP. The molecule has 2 aromatic rings. The molecule has 2 aromatic carbocycles. The lowest BCUT2D eigenvalue weighted by molar-refractivity contribution is 0.592. The summed E-state index contributed by atoms with van der Waals surface area (Å²) in [6, 6.07) is 19.7. The van der Waals surface area contributed by atoms with Crippen molar-refractivity contribution in [3.8, 4) is 0 Å². The Kier molecular flexibility index (Phi) is 7.36. The number of hydrogen-bond donors (Lipinski definition) is 0. The molecule has 0 amide bonds. The van der Waals surface area contributed by atoms with E-state index in [0.29, 0.717) is 0 Å². The second-order valence-corrected chi connectivity index (χ2v) is 8.56. The first-order valence-corrected chi connectivity index (χ1v) is 10.4. The highest BCUT2D eigenvalue weighted by atomic mass is 31.2. The van der Waals surface area contributed by atoms with E-state index in [-0.39, 0.29) is 0 Å². The quantitative estimate of drug-likeness (QED) is 0.416. The molecule has 0 N–H and O–H groups in total. The van der Waals surface area contributed by atoms with Crippen LogP contribution < -0.4 is 10.6 Å². The van der Waals surface area contributed by atoms with Crippen molar-refractivity contribution in [1.82, 2.24) is 0 Å². The van der Waals surface area contributed by atoms with E-state index in [1.165, 1.54) is 32.1 Å². The highest BCUT2D eigenvalue weighted by molar-refractivity contribution is 7.81. The third-order valence-electron chi connectivity index (χ3n) is 4.07. The number of hydrogen-bond acceptors (Lipinski definition) is 1. The molecule has 0 atom stereocenters. The van der Waals surface area contributed by atoms with Gasteiger partial charge in [-0.25, -0.2) is 0 Å². The first-order chi connectivity index (χ1) is 11.3. The third-order valence-corrected chi connectivity index (χ3v) is 6.83. The standard InChI is InChI=1S/C21H27OP/c1-2-3-4-5-6-7-14-19-23(22,20-15-10-8-11-16-20)21-17-12-9-13-18-21/h8-19H,2-7H2,1H3/b19-14+. The summed E-state index contributed by atoms with van der Waals surface area (Å²) in [5, 5.41) is 1.82. The van der Waals surface area contributed by atoms with Gasteiger partial charge >= 0.3 is 0 Å². The van der Waals surface area contributed by atoms with Gasteiger partial charge in [-0.3, -0.25) is 0 Å². The summed E-state index contributed by atoms with van der Waals surface area (Å²) >= 11 is 0. The molecule has 0 heterocycles. The Labute approximate surface area is 140 Å². The Bertz CT molecular complexity index is 588. The molecule has 0 bridgehead atoms. The van der Waals surface area contributed by atoms with Crippen LogP contribution in [0.25, 0.3) is 0 Å². The van der Waals surface area contributed by atoms with Crippen molar-refractivity contribution >= 4 is 17.8 Å². The fourth-order valence-electron chi connectivity index (χ4n) is 2.71. The Morgan fingerprint density at radius 1 is 0.783 bits per heavy atom. The van der Waals surface area contributed by atoms with E-state index in [0.717, 1.165) is 17.0 Å². The van der Waals surface area contributed by atoms with Crippen molar-refractivity contribution in [2.24, 2.45) is 0 Å². The van der Waals surface area contributed by atoms with E-state index < -0.39 is 7.14 Å². The summed E-state index contributed by atoms with van der Waals surface area (Å²) in [7, 11) is -2.67. The zero-order chi connectivity index (χ0) is 16.4. The van der Waals surface area contributed by atoms with Crippen molar-refractivity contribution in [3.63, 3.8) is 0 Å². The van der Waals surface area contributed by atoms with Gasteiger partial charge in [0.2, 0.25) is 0 Å². The van der Waals surface area contributed by atoms with Crippen LogP contribution in [-0.4, -0.2) is 0 Å². The van der Waals surface area contributed by atoms with Crippen LogP contribution in [0.1, 0.15) is 45.4 Å². The molecule has 0 saturated heterocycles. The van der Waals surface area contributed by atoms with Crippen molar-refractivity contribution in [2.75, 3.05) is 0 Å². The molecule has 0 aliphatic heterocycles. The molecule has 0 aromatic heterocycles.